The number of hydrogen-bond acceptors (Lipinski definition) is 3. The van der Waals surface area contributed by atoms with Crippen molar-refractivity contribution in [1.82, 2.24) is 5.48 Å². The Balaban J connectivity index is 2.68. The average Bonchev–Trinajstić information content (AvgIpc) is 2.29. The van der Waals surface area contributed by atoms with Crippen LogP contribution in [-0.2, 0) is 14.4 Å². The summed E-state index contributed by atoms with van der Waals surface area (Å²) in [4.78, 5) is 25.7. The maximum absolute atomic E-state index is 10.7. The van der Waals surface area contributed by atoms with Crippen molar-refractivity contribution in [2.45, 2.75) is 12.8 Å². The monoisotopic (exact) mass is 154 g/mol. The minimum atomic E-state index is -0.608. The van der Waals surface area contributed by atoms with Crippen LogP contribution in [0.25, 0.3) is 0 Å². The van der Waals surface area contributed by atoms with Crippen molar-refractivity contribution in [2.75, 3.05) is 0 Å². The summed E-state index contributed by atoms with van der Waals surface area (Å²) < 4.78 is 0. The van der Waals surface area contributed by atoms with E-state index in [-0.39, 0.29) is 5.57 Å². The molecule has 1 aliphatic rings. The van der Waals surface area contributed by atoms with Gasteiger partial charge in [-0.05, 0) is 12.8 Å². The smallest absolute Gasteiger partial charge is 0.335 e. The Bertz CT molecular complexity index is 202. The van der Waals surface area contributed by atoms with Crippen LogP contribution in [0, 0.1) is 6.92 Å². The molecule has 0 unspecified atom stereocenters. The van der Waals surface area contributed by atoms with E-state index in [1.54, 1.807) is 0 Å². The molecule has 0 atom stereocenters. The van der Waals surface area contributed by atoms with Crippen molar-refractivity contribution in [3.8, 4) is 0 Å². The number of hydroxylamine groups is 1. The van der Waals surface area contributed by atoms with E-state index >= 15 is 0 Å². The molecule has 0 aromatic carbocycles. The topological polar surface area (TPSA) is 55.4 Å². The van der Waals surface area contributed by atoms with E-state index in [4.69, 9.17) is 0 Å². The number of carbonyl (C=O) groups is 2. The first-order chi connectivity index (χ1) is 5.25. The van der Waals surface area contributed by atoms with Gasteiger partial charge >= 0.3 is 5.97 Å². The van der Waals surface area contributed by atoms with Crippen LogP contribution in [0.15, 0.2) is 11.6 Å². The molecule has 4 heteroatoms. The van der Waals surface area contributed by atoms with Gasteiger partial charge in [0.15, 0.2) is 0 Å². The van der Waals surface area contributed by atoms with Gasteiger partial charge in [-0.15, -0.1) is 0 Å². The zero-order valence-electron chi connectivity index (χ0n) is 5.92. The number of unbranched alkanes of at least 4 members (excludes halogenated alkanes) is 1. The van der Waals surface area contributed by atoms with Crippen molar-refractivity contribution in [3.05, 3.63) is 18.6 Å². The molecule has 0 bridgehead atoms. The van der Waals surface area contributed by atoms with E-state index < -0.39 is 11.9 Å². The molecule has 1 N–H and O–H groups in total. The van der Waals surface area contributed by atoms with Crippen LogP contribution in [0.5, 0.6) is 0 Å². The summed E-state index contributed by atoms with van der Waals surface area (Å²) in [6.07, 6.45) is 2.79. The van der Waals surface area contributed by atoms with Crippen LogP contribution in [0.4, 0.5) is 0 Å². The summed E-state index contributed by atoms with van der Waals surface area (Å²) in [7, 11) is 0. The van der Waals surface area contributed by atoms with Crippen molar-refractivity contribution in [3.63, 3.8) is 0 Å². The van der Waals surface area contributed by atoms with E-state index in [1.807, 2.05) is 5.48 Å². The average molecular weight is 154 g/mol. The lowest BCUT2D eigenvalue weighted by atomic mass is 10.2. The van der Waals surface area contributed by atoms with Crippen molar-refractivity contribution in [2.24, 2.45) is 0 Å². The maximum atomic E-state index is 10.7. The first-order valence-corrected chi connectivity index (χ1v) is 3.26. The van der Waals surface area contributed by atoms with Gasteiger partial charge in [-0.2, -0.15) is 5.48 Å². The molecule has 1 aliphatic heterocycles. The van der Waals surface area contributed by atoms with Gasteiger partial charge in [-0.3, -0.25) is 4.79 Å². The molecular weight excluding hydrogens is 146 g/mol. The number of carbonyl (C=O) groups excluding carboxylic acids is 2. The van der Waals surface area contributed by atoms with Gasteiger partial charge in [0.1, 0.15) is 5.57 Å². The van der Waals surface area contributed by atoms with Gasteiger partial charge in [0, 0.05) is 0 Å². The summed E-state index contributed by atoms with van der Waals surface area (Å²) in [5, 5.41) is 0. The molecule has 1 radical (unpaired) electrons. The first-order valence-electron chi connectivity index (χ1n) is 3.26. The lowest BCUT2D eigenvalue weighted by Gasteiger charge is -1.85. The highest BCUT2D eigenvalue weighted by Gasteiger charge is 2.27. The number of amides is 1. The molecule has 0 aromatic rings. The molecule has 0 saturated carbocycles. The molecule has 1 amide bonds. The lowest BCUT2D eigenvalue weighted by molar-refractivity contribution is -0.143. The zero-order chi connectivity index (χ0) is 8.27. The maximum Gasteiger partial charge on any atom is 0.368 e. The van der Waals surface area contributed by atoms with Crippen molar-refractivity contribution in [1.29, 1.82) is 0 Å². The SMILES string of the molecule is [CH2]CCC=C1C(=O)NOC1=O. The van der Waals surface area contributed by atoms with Crippen LogP contribution in [0.3, 0.4) is 0 Å². The molecule has 1 rings (SSSR count). The fourth-order valence-corrected chi connectivity index (χ4v) is 0.718. The Morgan fingerprint density at radius 1 is 1.55 bits per heavy atom. The third-order valence-electron chi connectivity index (χ3n) is 1.25. The van der Waals surface area contributed by atoms with Crippen LogP contribution >= 0.6 is 0 Å². The highest BCUT2D eigenvalue weighted by atomic mass is 16.7. The van der Waals surface area contributed by atoms with Gasteiger partial charge in [-0.25, -0.2) is 4.79 Å². The fourth-order valence-electron chi connectivity index (χ4n) is 0.718. The predicted molar refractivity (Wildman–Crippen MR) is 36.9 cm³/mol. The first kappa shape index (κ1) is 7.78. The number of rotatable bonds is 2. The third-order valence-corrected chi connectivity index (χ3v) is 1.25. The standard InChI is InChI=1S/C7H8NO3/c1-2-3-4-5-6(9)8-11-7(5)10/h4H,1-3H2,(H,8,9). The molecule has 0 aliphatic carbocycles. The summed E-state index contributed by atoms with van der Waals surface area (Å²) in [5.41, 5.74) is 2.03. The Hall–Kier alpha value is -1.32. The van der Waals surface area contributed by atoms with Gasteiger partial charge in [-0.1, -0.05) is 13.0 Å². The second kappa shape index (κ2) is 3.18. The highest BCUT2D eigenvalue weighted by Crippen LogP contribution is 2.06. The molecule has 0 aromatic heterocycles. The van der Waals surface area contributed by atoms with Gasteiger partial charge in [0.05, 0.1) is 0 Å². The highest BCUT2D eigenvalue weighted by molar-refractivity contribution is 6.19. The molecule has 11 heavy (non-hydrogen) atoms. The molecular formula is C7H8NO3. The summed E-state index contributed by atoms with van der Waals surface area (Å²) in [6.45, 7) is 3.57. The van der Waals surface area contributed by atoms with Gasteiger partial charge in [0.2, 0.25) is 0 Å². The Labute approximate surface area is 64.2 Å². The largest absolute Gasteiger partial charge is 0.368 e. The van der Waals surface area contributed by atoms with Crippen molar-refractivity contribution < 1.29 is 14.4 Å². The van der Waals surface area contributed by atoms with Gasteiger partial charge in [0.25, 0.3) is 5.91 Å². The Morgan fingerprint density at radius 3 is 2.73 bits per heavy atom. The third kappa shape index (κ3) is 1.58. The summed E-state index contributed by atoms with van der Waals surface area (Å²) >= 11 is 0. The molecule has 4 nitrogen and oxygen atoms in total. The summed E-state index contributed by atoms with van der Waals surface area (Å²) in [6, 6.07) is 0. The fraction of sp³-hybridized carbons (Fsp3) is 0.286. The predicted octanol–water partition coefficient (Wildman–Crippen LogP) is 0.115. The minimum absolute atomic E-state index is 0.0775. The quantitative estimate of drug-likeness (QED) is 0.454. The molecule has 1 heterocycles. The molecule has 0 spiro atoms. The molecule has 1 fully saturated rings. The second-order valence-corrected chi connectivity index (χ2v) is 2.08. The van der Waals surface area contributed by atoms with Gasteiger partial charge < -0.3 is 4.84 Å². The molecule has 59 valence electrons. The lowest BCUT2D eigenvalue weighted by Crippen LogP contribution is -2.12. The number of hydrogen-bond donors (Lipinski definition) is 1. The van der Waals surface area contributed by atoms with E-state index in [0.29, 0.717) is 12.8 Å². The second-order valence-electron chi connectivity index (χ2n) is 2.08. The zero-order valence-corrected chi connectivity index (χ0v) is 5.92. The van der Waals surface area contributed by atoms with Crippen LogP contribution in [0.2, 0.25) is 0 Å². The van der Waals surface area contributed by atoms with E-state index in [9.17, 15) is 9.59 Å². The van der Waals surface area contributed by atoms with E-state index in [1.165, 1.54) is 6.08 Å². The van der Waals surface area contributed by atoms with Crippen LogP contribution in [-0.4, -0.2) is 11.9 Å². The number of allylic oxidation sites excluding steroid dienone is 1. The van der Waals surface area contributed by atoms with Crippen molar-refractivity contribution >= 4 is 11.9 Å². The Kier molecular flexibility index (Phi) is 2.25. The van der Waals surface area contributed by atoms with E-state index in [2.05, 4.69) is 11.8 Å². The van der Waals surface area contributed by atoms with Crippen LogP contribution < -0.4 is 5.48 Å². The molecule has 1 saturated heterocycles. The van der Waals surface area contributed by atoms with Crippen LogP contribution in [0.1, 0.15) is 12.8 Å². The minimum Gasteiger partial charge on any atom is -0.335 e. The Morgan fingerprint density at radius 2 is 2.27 bits per heavy atom. The van der Waals surface area contributed by atoms with E-state index in [0.717, 1.165) is 0 Å². The normalized spacial score (nSPS) is 20.3. The summed E-state index contributed by atoms with van der Waals surface area (Å²) in [5.74, 6) is -1.08. The number of nitrogens with one attached hydrogen (secondary N) is 1.